The fourth-order valence-electron chi connectivity index (χ4n) is 4.90. The summed E-state index contributed by atoms with van der Waals surface area (Å²) in [6.45, 7) is 0. The van der Waals surface area contributed by atoms with Gasteiger partial charge in [0.2, 0.25) is 11.6 Å². The molecular formula is C33H22FN7O4. The molecule has 0 fully saturated rings. The van der Waals surface area contributed by atoms with Gasteiger partial charge in [0.25, 0.3) is 11.5 Å². The maximum Gasteiger partial charge on any atom is 0.267 e. The van der Waals surface area contributed by atoms with Gasteiger partial charge in [-0.05, 0) is 66.7 Å². The molecule has 0 atom stereocenters. The number of nitrogens with one attached hydrogen (secondary N) is 1. The van der Waals surface area contributed by atoms with Gasteiger partial charge in [0.15, 0.2) is 0 Å². The standard InChI is InChI=1S/C33H22FN7O4/c1-40-18-21(17-38-40)29-27(20-4-2-14-35-16-20)28-31(36-19-37-32(28)45-29)44-25-12-8-23(9-13-25)39-30(42)26-5-3-15-41(33(26)43)24-10-6-22(34)7-11-24/h2-19H,1H3,(H,39,42). The molecular weight excluding hydrogens is 577 g/mol. The number of aryl methyl sites for hydroxylation is 1. The number of aromatic nitrogens is 6. The quantitative estimate of drug-likeness (QED) is 0.235. The minimum Gasteiger partial charge on any atom is -0.438 e. The van der Waals surface area contributed by atoms with Crippen molar-refractivity contribution in [3.8, 4) is 39.8 Å². The molecule has 0 aliphatic rings. The number of benzene rings is 2. The van der Waals surface area contributed by atoms with Crippen molar-refractivity contribution in [3.05, 3.63) is 132 Å². The second-order valence-corrected chi connectivity index (χ2v) is 9.96. The minimum atomic E-state index is -0.593. The number of rotatable bonds is 7. The van der Waals surface area contributed by atoms with Gasteiger partial charge in [-0.25, -0.2) is 14.4 Å². The SMILES string of the molecule is Cn1cc(-c2oc3ncnc(Oc4ccc(NC(=O)c5cccn(-c6ccc(F)cc6)c5=O)cc4)c3c2-c2cccnc2)cn1. The Morgan fingerprint density at radius 3 is 2.51 bits per heavy atom. The summed E-state index contributed by atoms with van der Waals surface area (Å²) in [6.07, 6.45) is 9.82. The summed E-state index contributed by atoms with van der Waals surface area (Å²) in [5, 5.41) is 7.57. The first-order valence-electron chi connectivity index (χ1n) is 13.7. The summed E-state index contributed by atoms with van der Waals surface area (Å²) in [4.78, 5) is 39.1. The molecule has 0 aliphatic carbocycles. The van der Waals surface area contributed by atoms with E-state index in [-0.39, 0.29) is 11.4 Å². The fraction of sp³-hybridized carbons (Fsp3) is 0.0303. The van der Waals surface area contributed by atoms with Gasteiger partial charge in [-0.1, -0.05) is 6.07 Å². The number of ether oxygens (including phenoxy) is 1. The van der Waals surface area contributed by atoms with Crippen molar-refractivity contribution in [2.45, 2.75) is 0 Å². The average molecular weight is 600 g/mol. The first kappa shape index (κ1) is 27.4. The molecule has 1 amide bonds. The minimum absolute atomic E-state index is 0.0714. The van der Waals surface area contributed by atoms with Crippen LogP contribution in [0, 0.1) is 5.82 Å². The summed E-state index contributed by atoms with van der Waals surface area (Å²) in [5.74, 6) is 0.234. The molecule has 7 aromatic rings. The zero-order valence-electron chi connectivity index (χ0n) is 23.6. The number of carbonyl (C=O) groups is 1. The third-order valence-electron chi connectivity index (χ3n) is 6.99. The molecule has 5 heterocycles. The van der Waals surface area contributed by atoms with Crippen LogP contribution in [0.15, 0.2) is 119 Å². The van der Waals surface area contributed by atoms with E-state index in [2.05, 4.69) is 25.4 Å². The molecule has 0 aliphatic heterocycles. The molecule has 0 saturated carbocycles. The van der Waals surface area contributed by atoms with E-state index in [0.29, 0.717) is 39.5 Å². The topological polar surface area (TPSA) is 130 Å². The number of halogens is 1. The van der Waals surface area contributed by atoms with Crippen LogP contribution in [0.4, 0.5) is 10.1 Å². The van der Waals surface area contributed by atoms with Crippen LogP contribution in [0.2, 0.25) is 0 Å². The van der Waals surface area contributed by atoms with E-state index in [9.17, 15) is 14.0 Å². The number of hydrogen-bond donors (Lipinski definition) is 1. The lowest BCUT2D eigenvalue weighted by atomic mass is 10.0. The van der Waals surface area contributed by atoms with Crippen LogP contribution in [0.1, 0.15) is 10.4 Å². The first-order chi connectivity index (χ1) is 21.9. The predicted octanol–water partition coefficient (Wildman–Crippen LogP) is 6.02. The van der Waals surface area contributed by atoms with E-state index in [1.807, 2.05) is 25.4 Å². The van der Waals surface area contributed by atoms with Crippen molar-refractivity contribution in [2.24, 2.45) is 7.05 Å². The molecule has 0 radical (unpaired) electrons. The van der Waals surface area contributed by atoms with Crippen LogP contribution in [0.5, 0.6) is 11.6 Å². The molecule has 220 valence electrons. The van der Waals surface area contributed by atoms with Crippen LogP contribution in [0.25, 0.3) is 39.2 Å². The highest BCUT2D eigenvalue weighted by Gasteiger charge is 2.24. The lowest BCUT2D eigenvalue weighted by Gasteiger charge is -2.10. The van der Waals surface area contributed by atoms with Crippen LogP contribution in [-0.4, -0.2) is 35.2 Å². The Kier molecular flexibility index (Phi) is 6.91. The van der Waals surface area contributed by atoms with E-state index < -0.39 is 17.3 Å². The molecule has 0 unspecified atom stereocenters. The van der Waals surface area contributed by atoms with Gasteiger partial charge < -0.3 is 14.5 Å². The summed E-state index contributed by atoms with van der Waals surface area (Å²) in [7, 11) is 1.82. The lowest BCUT2D eigenvalue weighted by molar-refractivity contribution is 0.102. The highest BCUT2D eigenvalue weighted by atomic mass is 19.1. The largest absolute Gasteiger partial charge is 0.438 e. The maximum atomic E-state index is 13.4. The van der Waals surface area contributed by atoms with E-state index in [4.69, 9.17) is 9.15 Å². The fourth-order valence-corrected chi connectivity index (χ4v) is 4.90. The second-order valence-electron chi connectivity index (χ2n) is 9.96. The van der Waals surface area contributed by atoms with E-state index in [1.165, 1.54) is 47.4 Å². The van der Waals surface area contributed by atoms with E-state index >= 15 is 0 Å². The number of fused-ring (bicyclic) bond motifs is 1. The molecule has 5 aromatic heterocycles. The summed E-state index contributed by atoms with van der Waals surface area (Å²) in [5.41, 5.74) is 2.84. The Morgan fingerprint density at radius 1 is 0.956 bits per heavy atom. The Bertz CT molecular complexity index is 2230. The number of pyridine rings is 2. The van der Waals surface area contributed by atoms with Gasteiger partial charge in [-0.15, -0.1) is 0 Å². The highest BCUT2D eigenvalue weighted by molar-refractivity contribution is 6.04. The molecule has 11 nitrogen and oxygen atoms in total. The van der Waals surface area contributed by atoms with E-state index in [0.717, 1.165) is 11.1 Å². The van der Waals surface area contributed by atoms with Crippen molar-refractivity contribution in [1.82, 2.24) is 29.3 Å². The van der Waals surface area contributed by atoms with Crippen molar-refractivity contribution < 1.29 is 18.3 Å². The number of furan rings is 1. The molecule has 12 heteroatoms. The Balaban J connectivity index is 1.17. The number of carbonyl (C=O) groups excluding carboxylic acids is 1. The third-order valence-corrected chi connectivity index (χ3v) is 6.99. The molecule has 7 rings (SSSR count). The van der Waals surface area contributed by atoms with Gasteiger partial charge in [-0.3, -0.25) is 23.8 Å². The monoisotopic (exact) mass is 599 g/mol. The van der Waals surface area contributed by atoms with Crippen LogP contribution in [0.3, 0.4) is 0 Å². The van der Waals surface area contributed by atoms with Crippen LogP contribution in [-0.2, 0) is 7.05 Å². The molecule has 0 bridgehead atoms. The predicted molar refractivity (Wildman–Crippen MR) is 164 cm³/mol. The Labute approximate surface area is 254 Å². The summed E-state index contributed by atoms with van der Waals surface area (Å²) < 4.78 is 28.7. The normalized spacial score (nSPS) is 11.1. The lowest BCUT2D eigenvalue weighted by Crippen LogP contribution is -2.27. The molecule has 2 aromatic carbocycles. The molecule has 1 N–H and O–H groups in total. The Hall–Kier alpha value is -6.43. The van der Waals surface area contributed by atoms with Gasteiger partial charge >= 0.3 is 0 Å². The van der Waals surface area contributed by atoms with Crippen LogP contribution >= 0.6 is 0 Å². The van der Waals surface area contributed by atoms with E-state index in [1.54, 1.807) is 53.6 Å². The number of anilines is 1. The average Bonchev–Trinajstić information content (AvgIpc) is 3.67. The van der Waals surface area contributed by atoms with Crippen molar-refractivity contribution in [1.29, 1.82) is 0 Å². The zero-order chi connectivity index (χ0) is 30.9. The molecule has 45 heavy (non-hydrogen) atoms. The number of nitrogens with zero attached hydrogens (tertiary/aromatic N) is 6. The highest BCUT2D eigenvalue weighted by Crippen LogP contribution is 2.43. The van der Waals surface area contributed by atoms with Gasteiger partial charge in [0.1, 0.15) is 34.6 Å². The molecule has 0 spiro atoms. The second kappa shape index (κ2) is 11.3. The number of amides is 1. The van der Waals surface area contributed by atoms with Gasteiger partial charge in [0.05, 0.1) is 11.8 Å². The van der Waals surface area contributed by atoms with Crippen LogP contribution < -0.4 is 15.6 Å². The van der Waals surface area contributed by atoms with Gasteiger partial charge in [-0.2, -0.15) is 5.10 Å². The van der Waals surface area contributed by atoms with Crippen molar-refractivity contribution in [2.75, 3.05) is 5.32 Å². The summed E-state index contributed by atoms with van der Waals surface area (Å²) in [6, 6.07) is 18.8. The first-order valence-corrected chi connectivity index (χ1v) is 13.7. The zero-order valence-corrected chi connectivity index (χ0v) is 23.6. The van der Waals surface area contributed by atoms with Crippen molar-refractivity contribution >= 4 is 22.7 Å². The smallest absolute Gasteiger partial charge is 0.267 e. The third kappa shape index (κ3) is 5.31. The summed E-state index contributed by atoms with van der Waals surface area (Å²) >= 11 is 0. The number of hydrogen-bond acceptors (Lipinski definition) is 8. The molecule has 0 saturated heterocycles. The Morgan fingerprint density at radius 2 is 1.78 bits per heavy atom. The van der Waals surface area contributed by atoms with Gasteiger partial charge in [0, 0.05) is 54.3 Å². The maximum absolute atomic E-state index is 13.4. The van der Waals surface area contributed by atoms with Crippen molar-refractivity contribution in [3.63, 3.8) is 0 Å².